The van der Waals surface area contributed by atoms with Gasteiger partial charge in [0.2, 0.25) is 10.0 Å². The molecular weight excluding hydrogens is 488 g/mol. The van der Waals surface area contributed by atoms with Gasteiger partial charge in [-0.1, -0.05) is 65.2 Å². The van der Waals surface area contributed by atoms with Crippen molar-refractivity contribution in [2.75, 3.05) is 6.54 Å². The quantitative estimate of drug-likeness (QED) is 0.351. The fraction of sp³-hybridized carbons (Fsp3) is 0.130. The normalized spacial score (nSPS) is 11.8. The number of hydrazone groups is 1. The predicted molar refractivity (Wildman–Crippen MR) is 127 cm³/mol. The molecule has 0 saturated carbocycles. The van der Waals surface area contributed by atoms with Crippen LogP contribution in [0.25, 0.3) is 0 Å². The Morgan fingerprint density at radius 3 is 2.30 bits per heavy atom. The summed E-state index contributed by atoms with van der Waals surface area (Å²) in [6, 6.07) is 16.9. The van der Waals surface area contributed by atoms with Gasteiger partial charge >= 0.3 is 0 Å². The number of nitrogens with zero attached hydrogens (tertiary/aromatic N) is 2. The summed E-state index contributed by atoms with van der Waals surface area (Å²) in [6.45, 7) is 1.03. The third-order valence-corrected chi connectivity index (χ3v) is 7.19. The second kappa shape index (κ2) is 10.9. The molecule has 0 unspecified atom stereocenters. The zero-order valence-corrected chi connectivity index (χ0v) is 19.8. The van der Waals surface area contributed by atoms with E-state index < -0.39 is 28.3 Å². The third kappa shape index (κ3) is 6.39. The zero-order chi connectivity index (χ0) is 24.0. The van der Waals surface area contributed by atoms with Crippen LogP contribution in [0, 0.1) is 12.7 Å². The monoisotopic (exact) mass is 507 g/mol. The number of nitrogens with one attached hydrogen (secondary N) is 1. The van der Waals surface area contributed by atoms with Gasteiger partial charge in [-0.25, -0.2) is 18.2 Å². The summed E-state index contributed by atoms with van der Waals surface area (Å²) in [5, 5.41) is 4.26. The van der Waals surface area contributed by atoms with Gasteiger partial charge in [0.1, 0.15) is 5.82 Å². The topological polar surface area (TPSA) is 78.8 Å². The van der Waals surface area contributed by atoms with E-state index in [-0.39, 0.29) is 27.0 Å². The highest BCUT2D eigenvalue weighted by Gasteiger charge is 2.28. The molecule has 3 aromatic carbocycles. The van der Waals surface area contributed by atoms with Crippen molar-refractivity contribution in [3.8, 4) is 0 Å². The number of halogens is 3. The smallest absolute Gasteiger partial charge is 0.255 e. The lowest BCUT2D eigenvalue weighted by molar-refractivity contribution is -0.121. The van der Waals surface area contributed by atoms with Crippen molar-refractivity contribution in [2.24, 2.45) is 5.10 Å². The molecule has 172 valence electrons. The maximum absolute atomic E-state index is 13.7. The highest BCUT2D eigenvalue weighted by molar-refractivity contribution is 7.89. The maximum Gasteiger partial charge on any atom is 0.255 e. The van der Waals surface area contributed by atoms with Gasteiger partial charge in [-0.3, -0.25) is 4.79 Å². The number of hydrogen-bond donors (Lipinski definition) is 1. The van der Waals surface area contributed by atoms with E-state index in [2.05, 4.69) is 10.5 Å². The minimum atomic E-state index is -4.09. The van der Waals surface area contributed by atoms with Crippen molar-refractivity contribution >= 4 is 45.3 Å². The largest absolute Gasteiger partial charge is 0.272 e. The summed E-state index contributed by atoms with van der Waals surface area (Å²) >= 11 is 12.5. The van der Waals surface area contributed by atoms with Crippen LogP contribution < -0.4 is 5.43 Å². The molecule has 1 N–H and O–H groups in total. The Balaban J connectivity index is 1.85. The number of hydrogen-bond acceptors (Lipinski definition) is 4. The van der Waals surface area contributed by atoms with E-state index in [4.69, 9.17) is 23.2 Å². The van der Waals surface area contributed by atoms with Crippen LogP contribution in [0.5, 0.6) is 0 Å². The van der Waals surface area contributed by atoms with Crippen molar-refractivity contribution in [3.05, 3.63) is 99.3 Å². The Morgan fingerprint density at radius 1 is 1.03 bits per heavy atom. The SMILES string of the molecule is Cc1ccc(S(=O)(=O)N(CC(=O)N/N=C\c2ccccc2F)Cc2c(Cl)cccc2Cl)cc1. The number of rotatable bonds is 8. The van der Waals surface area contributed by atoms with Gasteiger partial charge in [-0.2, -0.15) is 9.41 Å². The molecule has 0 radical (unpaired) electrons. The van der Waals surface area contributed by atoms with E-state index in [0.717, 1.165) is 16.1 Å². The van der Waals surface area contributed by atoms with Crippen molar-refractivity contribution in [3.63, 3.8) is 0 Å². The Morgan fingerprint density at radius 2 is 1.67 bits per heavy atom. The van der Waals surface area contributed by atoms with Gasteiger partial charge < -0.3 is 0 Å². The first kappa shape index (κ1) is 24.9. The van der Waals surface area contributed by atoms with Crippen molar-refractivity contribution in [2.45, 2.75) is 18.4 Å². The Labute approximate surface area is 201 Å². The van der Waals surface area contributed by atoms with Crippen molar-refractivity contribution in [1.29, 1.82) is 0 Å². The summed E-state index contributed by atoms with van der Waals surface area (Å²) in [6.07, 6.45) is 1.14. The molecule has 0 fully saturated rings. The number of amides is 1. The van der Waals surface area contributed by atoms with Crippen LogP contribution in [0.1, 0.15) is 16.7 Å². The van der Waals surface area contributed by atoms with E-state index in [0.29, 0.717) is 5.56 Å². The third-order valence-electron chi connectivity index (χ3n) is 4.67. The Kier molecular flexibility index (Phi) is 8.20. The van der Waals surface area contributed by atoms with E-state index in [1.165, 1.54) is 30.3 Å². The first-order chi connectivity index (χ1) is 15.7. The van der Waals surface area contributed by atoms with Crippen LogP contribution in [-0.2, 0) is 21.4 Å². The van der Waals surface area contributed by atoms with Gasteiger partial charge in [-0.05, 0) is 37.3 Å². The number of aryl methyl sites for hydroxylation is 1. The molecule has 0 aliphatic carbocycles. The second-order valence-corrected chi connectivity index (χ2v) is 9.85. The standard InChI is InChI=1S/C23H20Cl2FN3O3S/c1-16-9-11-18(12-10-16)33(31,32)29(14-19-20(24)6-4-7-21(19)25)15-23(30)28-27-13-17-5-2-3-8-22(17)26/h2-13H,14-15H2,1H3,(H,28,30)/b27-13-. The average molecular weight is 508 g/mol. The highest BCUT2D eigenvalue weighted by atomic mass is 35.5. The molecule has 0 aliphatic rings. The molecule has 0 atom stereocenters. The van der Waals surface area contributed by atoms with Gasteiger partial charge in [0.25, 0.3) is 5.91 Å². The molecule has 3 aromatic rings. The minimum absolute atomic E-state index is 0.0129. The molecule has 3 rings (SSSR count). The van der Waals surface area contributed by atoms with Gasteiger partial charge in [0, 0.05) is 27.7 Å². The number of sulfonamides is 1. The summed E-state index contributed by atoms with van der Waals surface area (Å²) < 4.78 is 41.3. The van der Waals surface area contributed by atoms with Crippen molar-refractivity contribution in [1.82, 2.24) is 9.73 Å². The fourth-order valence-corrected chi connectivity index (χ4v) is 4.78. The second-order valence-electron chi connectivity index (χ2n) is 7.10. The fourth-order valence-electron chi connectivity index (χ4n) is 2.89. The van der Waals surface area contributed by atoms with Crippen LogP contribution in [0.2, 0.25) is 10.0 Å². The average Bonchev–Trinajstić information content (AvgIpc) is 2.77. The summed E-state index contributed by atoms with van der Waals surface area (Å²) in [5.74, 6) is -1.23. The Hall–Kier alpha value is -2.78. The van der Waals surface area contributed by atoms with Crippen LogP contribution in [-0.4, -0.2) is 31.4 Å². The molecular formula is C23H20Cl2FN3O3S. The first-order valence-corrected chi connectivity index (χ1v) is 11.9. The van der Waals surface area contributed by atoms with Gasteiger partial charge in [0.05, 0.1) is 17.7 Å². The van der Waals surface area contributed by atoms with Crippen LogP contribution in [0.4, 0.5) is 4.39 Å². The van der Waals surface area contributed by atoms with E-state index in [1.807, 2.05) is 6.92 Å². The molecule has 1 amide bonds. The predicted octanol–water partition coefficient (Wildman–Crippen LogP) is 4.78. The number of carbonyl (C=O) groups is 1. The Bertz CT molecular complexity index is 1260. The molecule has 0 bridgehead atoms. The molecule has 0 saturated heterocycles. The lowest BCUT2D eigenvalue weighted by atomic mass is 10.2. The maximum atomic E-state index is 13.7. The zero-order valence-electron chi connectivity index (χ0n) is 17.5. The van der Waals surface area contributed by atoms with Gasteiger partial charge in [0.15, 0.2) is 0 Å². The lowest BCUT2D eigenvalue weighted by Gasteiger charge is -2.22. The molecule has 0 aliphatic heterocycles. The molecule has 0 spiro atoms. The summed E-state index contributed by atoms with van der Waals surface area (Å²) in [7, 11) is -4.09. The number of carbonyl (C=O) groups excluding carboxylic acids is 1. The van der Waals surface area contributed by atoms with E-state index in [1.54, 1.807) is 36.4 Å². The minimum Gasteiger partial charge on any atom is -0.272 e. The number of benzene rings is 3. The van der Waals surface area contributed by atoms with E-state index in [9.17, 15) is 17.6 Å². The molecule has 6 nitrogen and oxygen atoms in total. The molecule has 33 heavy (non-hydrogen) atoms. The van der Waals surface area contributed by atoms with E-state index >= 15 is 0 Å². The molecule has 10 heteroatoms. The van der Waals surface area contributed by atoms with Crippen LogP contribution in [0.3, 0.4) is 0 Å². The van der Waals surface area contributed by atoms with Gasteiger partial charge in [-0.15, -0.1) is 0 Å². The molecule has 0 heterocycles. The van der Waals surface area contributed by atoms with Crippen LogP contribution in [0.15, 0.2) is 76.7 Å². The lowest BCUT2D eigenvalue weighted by Crippen LogP contribution is -2.39. The van der Waals surface area contributed by atoms with Crippen LogP contribution >= 0.6 is 23.2 Å². The highest BCUT2D eigenvalue weighted by Crippen LogP contribution is 2.28. The molecule has 0 aromatic heterocycles. The first-order valence-electron chi connectivity index (χ1n) is 9.74. The summed E-state index contributed by atoms with van der Waals surface area (Å²) in [4.78, 5) is 12.5. The summed E-state index contributed by atoms with van der Waals surface area (Å²) in [5.41, 5.74) is 3.64. The van der Waals surface area contributed by atoms with Crippen molar-refractivity contribution < 1.29 is 17.6 Å².